The highest BCUT2D eigenvalue weighted by atomic mass is 32.1. The van der Waals surface area contributed by atoms with Crippen molar-refractivity contribution in [2.75, 3.05) is 31.6 Å². The van der Waals surface area contributed by atoms with E-state index in [1.54, 1.807) is 29.8 Å². The average molecular weight is 372 g/mol. The summed E-state index contributed by atoms with van der Waals surface area (Å²) in [5, 5.41) is 3.27. The van der Waals surface area contributed by atoms with Crippen LogP contribution in [0.1, 0.15) is 33.0 Å². The minimum absolute atomic E-state index is 0.128. The number of aromatic nitrogens is 2. The topological polar surface area (TPSA) is 67.4 Å². The minimum Gasteiger partial charge on any atom is -0.371 e. The van der Waals surface area contributed by atoms with Gasteiger partial charge in [0.2, 0.25) is 5.95 Å². The molecule has 7 heteroatoms. The van der Waals surface area contributed by atoms with Gasteiger partial charge in [0.05, 0.1) is 24.6 Å². The lowest BCUT2D eigenvalue weighted by molar-refractivity contribution is -0.165. The third-order valence-corrected chi connectivity index (χ3v) is 6.51. The molecule has 4 rings (SSSR count). The van der Waals surface area contributed by atoms with E-state index in [9.17, 15) is 4.79 Å². The molecule has 0 aliphatic carbocycles. The normalized spacial score (nSPS) is 21.5. The molecule has 6 nitrogen and oxygen atoms in total. The highest BCUT2D eigenvalue weighted by Crippen LogP contribution is 2.37. The number of carbonyl (C=O) groups is 1. The summed E-state index contributed by atoms with van der Waals surface area (Å²) in [5.41, 5.74) is 1.07. The second-order valence-electron chi connectivity index (χ2n) is 7.36. The molecule has 4 heterocycles. The van der Waals surface area contributed by atoms with Crippen LogP contribution in [-0.4, -0.2) is 52.6 Å². The monoisotopic (exact) mass is 372 g/mol. The van der Waals surface area contributed by atoms with Gasteiger partial charge in [0, 0.05) is 23.8 Å². The van der Waals surface area contributed by atoms with Gasteiger partial charge in [-0.2, -0.15) is 0 Å². The van der Waals surface area contributed by atoms with Gasteiger partial charge in [-0.05, 0) is 50.3 Å². The number of thiophene rings is 1. The minimum atomic E-state index is -0.128. The Labute approximate surface area is 157 Å². The summed E-state index contributed by atoms with van der Waals surface area (Å²) in [7, 11) is 0. The maximum atomic E-state index is 12.6. The Morgan fingerprint density at radius 2 is 2.15 bits per heavy atom. The molecule has 1 amide bonds. The van der Waals surface area contributed by atoms with Crippen LogP contribution in [-0.2, 0) is 4.74 Å². The molecule has 1 spiro atoms. The molecular formula is C19H24N4O2S. The highest BCUT2D eigenvalue weighted by molar-refractivity contribution is 7.14. The van der Waals surface area contributed by atoms with Crippen LogP contribution in [0.15, 0.2) is 24.5 Å². The standard InChI is InChI=1S/C19H24N4O2S/c1-13-8-16(26-14(13)2)17(24)23-11-19(12-23)5-4-15(10-25-19)9-22-18-20-6-3-7-21-18/h3,6-8,15H,4-5,9-12H2,1-2H3,(H,20,21,22). The molecule has 2 aliphatic heterocycles. The first-order valence-corrected chi connectivity index (χ1v) is 9.87. The van der Waals surface area contributed by atoms with E-state index in [1.807, 2.05) is 11.0 Å². The van der Waals surface area contributed by atoms with Crippen molar-refractivity contribution in [3.8, 4) is 0 Å². The van der Waals surface area contributed by atoms with Crippen LogP contribution in [0.3, 0.4) is 0 Å². The number of nitrogens with one attached hydrogen (secondary N) is 1. The van der Waals surface area contributed by atoms with Crippen molar-refractivity contribution in [1.82, 2.24) is 14.9 Å². The van der Waals surface area contributed by atoms with Crippen LogP contribution in [0, 0.1) is 19.8 Å². The van der Waals surface area contributed by atoms with Crippen LogP contribution in [0.25, 0.3) is 0 Å². The van der Waals surface area contributed by atoms with Crippen molar-refractivity contribution in [1.29, 1.82) is 0 Å². The van der Waals surface area contributed by atoms with Crippen LogP contribution in [0.4, 0.5) is 5.95 Å². The van der Waals surface area contributed by atoms with Crippen molar-refractivity contribution >= 4 is 23.2 Å². The molecule has 0 bridgehead atoms. The molecule has 1 unspecified atom stereocenters. The molecule has 2 saturated heterocycles. The summed E-state index contributed by atoms with van der Waals surface area (Å²) in [5.74, 6) is 1.26. The Morgan fingerprint density at radius 1 is 1.38 bits per heavy atom. The number of aryl methyl sites for hydroxylation is 2. The number of carbonyl (C=O) groups excluding carboxylic acids is 1. The van der Waals surface area contributed by atoms with E-state index < -0.39 is 0 Å². The zero-order chi connectivity index (χ0) is 18.1. The van der Waals surface area contributed by atoms with Crippen LogP contribution < -0.4 is 5.32 Å². The summed E-state index contributed by atoms with van der Waals surface area (Å²) in [6, 6.07) is 3.81. The quantitative estimate of drug-likeness (QED) is 0.894. The number of likely N-dealkylation sites (tertiary alicyclic amines) is 1. The zero-order valence-corrected chi connectivity index (χ0v) is 16.0. The largest absolute Gasteiger partial charge is 0.371 e. The number of anilines is 1. The second-order valence-corrected chi connectivity index (χ2v) is 8.62. The van der Waals surface area contributed by atoms with E-state index in [4.69, 9.17) is 4.74 Å². The Balaban J connectivity index is 1.25. The fourth-order valence-electron chi connectivity index (χ4n) is 3.58. The third kappa shape index (κ3) is 3.46. The summed E-state index contributed by atoms with van der Waals surface area (Å²) < 4.78 is 6.18. The lowest BCUT2D eigenvalue weighted by Gasteiger charge is -2.52. The molecule has 0 radical (unpaired) electrons. The Morgan fingerprint density at radius 3 is 2.77 bits per heavy atom. The van der Waals surface area contributed by atoms with E-state index in [1.165, 1.54) is 10.4 Å². The number of nitrogens with zero attached hydrogens (tertiary/aromatic N) is 3. The number of hydrogen-bond acceptors (Lipinski definition) is 6. The molecular weight excluding hydrogens is 348 g/mol. The van der Waals surface area contributed by atoms with E-state index in [2.05, 4.69) is 29.1 Å². The van der Waals surface area contributed by atoms with Crippen LogP contribution in [0.2, 0.25) is 0 Å². The first kappa shape index (κ1) is 17.4. The van der Waals surface area contributed by atoms with E-state index in [0.29, 0.717) is 25.0 Å². The molecule has 138 valence electrons. The number of amides is 1. The number of hydrogen-bond donors (Lipinski definition) is 1. The number of ether oxygens (including phenoxy) is 1. The lowest BCUT2D eigenvalue weighted by atomic mass is 9.83. The molecule has 2 aromatic heterocycles. The highest BCUT2D eigenvalue weighted by Gasteiger charge is 2.48. The van der Waals surface area contributed by atoms with Crippen molar-refractivity contribution < 1.29 is 9.53 Å². The Bertz CT molecular complexity index is 757. The summed E-state index contributed by atoms with van der Waals surface area (Å²) in [6.45, 7) is 7.08. The van der Waals surface area contributed by atoms with Gasteiger partial charge in [0.1, 0.15) is 5.60 Å². The van der Waals surface area contributed by atoms with Crippen molar-refractivity contribution in [3.63, 3.8) is 0 Å². The molecule has 2 fully saturated rings. The molecule has 1 atom stereocenters. The smallest absolute Gasteiger partial charge is 0.264 e. The first-order chi connectivity index (χ1) is 12.5. The average Bonchev–Trinajstić information content (AvgIpc) is 2.98. The van der Waals surface area contributed by atoms with Gasteiger partial charge in [0.15, 0.2) is 0 Å². The van der Waals surface area contributed by atoms with E-state index in [-0.39, 0.29) is 11.5 Å². The van der Waals surface area contributed by atoms with Gasteiger partial charge in [-0.15, -0.1) is 11.3 Å². The lowest BCUT2D eigenvalue weighted by Crippen LogP contribution is -2.66. The van der Waals surface area contributed by atoms with Gasteiger partial charge in [-0.25, -0.2) is 9.97 Å². The predicted octanol–water partition coefficient (Wildman–Crippen LogP) is 2.89. The fourth-order valence-corrected chi connectivity index (χ4v) is 4.58. The molecule has 26 heavy (non-hydrogen) atoms. The maximum Gasteiger partial charge on any atom is 0.264 e. The fraction of sp³-hybridized carbons (Fsp3) is 0.526. The Hall–Kier alpha value is -1.99. The summed E-state index contributed by atoms with van der Waals surface area (Å²) in [4.78, 5) is 24.9. The van der Waals surface area contributed by atoms with Crippen LogP contribution >= 0.6 is 11.3 Å². The zero-order valence-electron chi connectivity index (χ0n) is 15.2. The maximum absolute atomic E-state index is 12.6. The van der Waals surface area contributed by atoms with Crippen molar-refractivity contribution in [3.05, 3.63) is 39.8 Å². The molecule has 0 saturated carbocycles. The van der Waals surface area contributed by atoms with Gasteiger partial charge in [-0.1, -0.05) is 0 Å². The summed E-state index contributed by atoms with van der Waals surface area (Å²) in [6.07, 6.45) is 5.57. The van der Waals surface area contributed by atoms with Gasteiger partial charge in [-0.3, -0.25) is 4.79 Å². The first-order valence-electron chi connectivity index (χ1n) is 9.06. The van der Waals surface area contributed by atoms with Crippen molar-refractivity contribution in [2.24, 2.45) is 5.92 Å². The predicted molar refractivity (Wildman–Crippen MR) is 102 cm³/mol. The van der Waals surface area contributed by atoms with Crippen LogP contribution in [0.5, 0.6) is 0 Å². The van der Waals surface area contributed by atoms with E-state index >= 15 is 0 Å². The molecule has 0 aromatic carbocycles. The molecule has 2 aliphatic rings. The third-order valence-electron chi connectivity index (χ3n) is 5.37. The van der Waals surface area contributed by atoms with Crippen molar-refractivity contribution in [2.45, 2.75) is 32.3 Å². The van der Waals surface area contributed by atoms with Gasteiger partial charge in [0.25, 0.3) is 5.91 Å². The molecule has 1 N–H and O–H groups in total. The number of rotatable bonds is 4. The van der Waals surface area contributed by atoms with Gasteiger partial charge >= 0.3 is 0 Å². The Kier molecular flexibility index (Phi) is 4.67. The molecule has 2 aromatic rings. The summed E-state index contributed by atoms with van der Waals surface area (Å²) >= 11 is 1.59. The van der Waals surface area contributed by atoms with E-state index in [0.717, 1.165) is 30.9 Å². The SMILES string of the molecule is Cc1cc(C(=O)N2CC3(CCC(CNc4ncccn4)CO3)C2)sc1C. The van der Waals surface area contributed by atoms with Gasteiger partial charge < -0.3 is 15.0 Å². The second kappa shape index (κ2) is 6.96.